The summed E-state index contributed by atoms with van der Waals surface area (Å²) in [4.78, 5) is 0.418. The number of hydrogen-bond acceptors (Lipinski definition) is 2. The molecule has 1 unspecified atom stereocenters. The first-order valence-corrected chi connectivity index (χ1v) is 6.78. The fourth-order valence-electron chi connectivity index (χ4n) is 1.30. The summed E-state index contributed by atoms with van der Waals surface area (Å²) in [7, 11) is 0. The van der Waals surface area contributed by atoms with Gasteiger partial charge in [-0.15, -0.1) is 0 Å². The van der Waals surface area contributed by atoms with Crippen LogP contribution in [0.25, 0.3) is 0 Å². The van der Waals surface area contributed by atoms with Gasteiger partial charge in [-0.1, -0.05) is 48.9 Å². The molecule has 3 N–H and O–H groups in total. The van der Waals surface area contributed by atoms with Gasteiger partial charge in [-0.3, -0.25) is 0 Å². The van der Waals surface area contributed by atoms with Crippen LogP contribution in [-0.4, -0.2) is 11.0 Å². The monoisotopic (exact) mass is 314 g/mol. The van der Waals surface area contributed by atoms with Crippen molar-refractivity contribution in [2.24, 2.45) is 11.1 Å². The van der Waals surface area contributed by atoms with Gasteiger partial charge in [-0.2, -0.15) is 0 Å². The van der Waals surface area contributed by atoms with Crippen molar-refractivity contribution in [1.82, 2.24) is 0 Å². The number of thiocarbonyl (C=S) groups is 1. The second-order valence-electron chi connectivity index (χ2n) is 5.29. The molecule has 1 atom stereocenters. The molecule has 0 aromatic heterocycles. The fraction of sp³-hybridized carbons (Fsp3) is 0.462. The highest BCUT2D eigenvalue weighted by Crippen LogP contribution is 2.27. The molecule has 2 nitrogen and oxygen atoms in total. The maximum Gasteiger partial charge on any atom is 0.106 e. The van der Waals surface area contributed by atoms with Crippen molar-refractivity contribution in [3.8, 4) is 0 Å². The normalized spacial score (nSPS) is 13.2. The molecule has 1 rings (SSSR count). The van der Waals surface area contributed by atoms with Crippen molar-refractivity contribution >= 4 is 38.8 Å². The molecule has 1 aromatic rings. The Morgan fingerprint density at radius 3 is 2.47 bits per heavy atom. The van der Waals surface area contributed by atoms with Crippen molar-refractivity contribution in [3.63, 3.8) is 0 Å². The van der Waals surface area contributed by atoms with Gasteiger partial charge in [0.2, 0.25) is 0 Å². The van der Waals surface area contributed by atoms with Gasteiger partial charge in [-0.25, -0.2) is 0 Å². The molecule has 17 heavy (non-hydrogen) atoms. The first kappa shape index (κ1) is 14.5. The Morgan fingerprint density at radius 1 is 1.41 bits per heavy atom. The van der Waals surface area contributed by atoms with Crippen LogP contribution in [0.3, 0.4) is 0 Å². The van der Waals surface area contributed by atoms with E-state index in [1.165, 1.54) is 0 Å². The lowest BCUT2D eigenvalue weighted by Gasteiger charge is -2.30. The summed E-state index contributed by atoms with van der Waals surface area (Å²) in [6.45, 7) is 8.75. The zero-order valence-electron chi connectivity index (χ0n) is 10.7. The Kier molecular flexibility index (Phi) is 4.55. The molecule has 0 fully saturated rings. The summed E-state index contributed by atoms with van der Waals surface area (Å²) in [5, 5.41) is 3.48. The minimum atomic E-state index is 0.176. The minimum Gasteiger partial charge on any atom is -0.389 e. The van der Waals surface area contributed by atoms with Gasteiger partial charge >= 0.3 is 0 Å². The molecular formula is C13H19BrN2S. The van der Waals surface area contributed by atoms with Crippen molar-refractivity contribution in [1.29, 1.82) is 0 Å². The largest absolute Gasteiger partial charge is 0.389 e. The van der Waals surface area contributed by atoms with Gasteiger partial charge in [0.25, 0.3) is 0 Å². The molecule has 1 aromatic carbocycles. The topological polar surface area (TPSA) is 38.0 Å². The molecule has 0 saturated heterocycles. The summed E-state index contributed by atoms with van der Waals surface area (Å²) < 4.78 is 1.01. The van der Waals surface area contributed by atoms with E-state index in [1.807, 2.05) is 18.2 Å². The van der Waals surface area contributed by atoms with Gasteiger partial charge in [0, 0.05) is 21.8 Å². The zero-order valence-corrected chi connectivity index (χ0v) is 13.1. The number of benzene rings is 1. The highest BCUT2D eigenvalue weighted by atomic mass is 79.9. The van der Waals surface area contributed by atoms with Crippen LogP contribution in [0.15, 0.2) is 22.7 Å². The number of hydrogen-bond donors (Lipinski definition) is 2. The van der Waals surface area contributed by atoms with Crippen LogP contribution in [0.4, 0.5) is 5.69 Å². The lowest BCUT2D eigenvalue weighted by Crippen LogP contribution is -2.31. The Bertz CT molecular complexity index is 424. The average Bonchev–Trinajstić information content (AvgIpc) is 2.15. The van der Waals surface area contributed by atoms with E-state index in [0.717, 1.165) is 15.7 Å². The highest BCUT2D eigenvalue weighted by molar-refractivity contribution is 9.10. The summed E-state index contributed by atoms with van der Waals surface area (Å²) in [6.07, 6.45) is 0. The standard InChI is InChI=1S/C13H19BrN2S/c1-8(13(2,3)4)16-11-7-9(14)5-6-10(11)12(15)17/h5-8,16H,1-4H3,(H2,15,17). The zero-order chi connectivity index (χ0) is 13.2. The number of nitrogens with two attached hydrogens (primary N) is 1. The van der Waals surface area contributed by atoms with E-state index in [1.54, 1.807) is 0 Å². The molecule has 0 saturated carbocycles. The Morgan fingerprint density at radius 2 is 2.00 bits per heavy atom. The van der Waals surface area contributed by atoms with E-state index >= 15 is 0 Å². The lowest BCUT2D eigenvalue weighted by molar-refractivity contribution is 0.359. The molecule has 0 aliphatic rings. The second-order valence-corrected chi connectivity index (χ2v) is 6.64. The van der Waals surface area contributed by atoms with Crippen molar-refractivity contribution < 1.29 is 0 Å². The molecule has 0 radical (unpaired) electrons. The number of nitrogens with one attached hydrogen (secondary N) is 1. The Hall–Kier alpha value is -0.610. The van der Waals surface area contributed by atoms with E-state index in [0.29, 0.717) is 11.0 Å². The van der Waals surface area contributed by atoms with Crippen molar-refractivity contribution in [2.75, 3.05) is 5.32 Å². The van der Waals surface area contributed by atoms with Crippen molar-refractivity contribution in [2.45, 2.75) is 33.7 Å². The highest BCUT2D eigenvalue weighted by Gasteiger charge is 2.20. The second kappa shape index (κ2) is 5.36. The predicted octanol–water partition coefficient (Wildman–Crippen LogP) is 3.93. The smallest absolute Gasteiger partial charge is 0.106 e. The van der Waals surface area contributed by atoms with Gasteiger partial charge < -0.3 is 11.1 Å². The molecule has 4 heteroatoms. The predicted molar refractivity (Wildman–Crippen MR) is 82.6 cm³/mol. The van der Waals surface area contributed by atoms with Crippen LogP contribution in [0.2, 0.25) is 0 Å². The molecule has 94 valence electrons. The quantitative estimate of drug-likeness (QED) is 0.830. The van der Waals surface area contributed by atoms with Gasteiger partial charge in [0.05, 0.1) is 0 Å². The van der Waals surface area contributed by atoms with E-state index in [-0.39, 0.29) is 5.41 Å². The van der Waals surface area contributed by atoms with Crippen LogP contribution in [-0.2, 0) is 0 Å². The van der Waals surface area contributed by atoms with Gasteiger partial charge in [0.15, 0.2) is 0 Å². The third kappa shape index (κ3) is 3.96. The summed E-state index contributed by atoms with van der Waals surface area (Å²) in [5.41, 5.74) is 7.77. The summed E-state index contributed by atoms with van der Waals surface area (Å²) in [6, 6.07) is 6.22. The van der Waals surface area contributed by atoms with E-state index < -0.39 is 0 Å². The van der Waals surface area contributed by atoms with Crippen LogP contribution in [0.1, 0.15) is 33.3 Å². The van der Waals surface area contributed by atoms with E-state index in [9.17, 15) is 0 Å². The van der Waals surface area contributed by atoms with Crippen LogP contribution < -0.4 is 11.1 Å². The molecule has 0 heterocycles. The number of anilines is 1. The molecule has 0 amide bonds. The third-order valence-corrected chi connectivity index (χ3v) is 3.63. The molecule has 0 aliphatic heterocycles. The number of halogens is 1. The molecule has 0 bridgehead atoms. The molecule has 0 aliphatic carbocycles. The van der Waals surface area contributed by atoms with Crippen LogP contribution in [0, 0.1) is 5.41 Å². The average molecular weight is 315 g/mol. The van der Waals surface area contributed by atoms with Crippen molar-refractivity contribution in [3.05, 3.63) is 28.2 Å². The Balaban J connectivity index is 3.04. The van der Waals surface area contributed by atoms with E-state index in [2.05, 4.69) is 48.9 Å². The summed E-state index contributed by atoms with van der Waals surface area (Å²) in [5.74, 6) is 0. The maximum absolute atomic E-state index is 5.73. The lowest BCUT2D eigenvalue weighted by atomic mass is 9.88. The third-order valence-electron chi connectivity index (χ3n) is 2.92. The van der Waals surface area contributed by atoms with E-state index in [4.69, 9.17) is 18.0 Å². The Labute approximate surface area is 117 Å². The maximum atomic E-state index is 5.73. The summed E-state index contributed by atoms with van der Waals surface area (Å²) >= 11 is 8.52. The fourth-order valence-corrected chi connectivity index (χ4v) is 1.84. The molecule has 0 spiro atoms. The number of rotatable bonds is 3. The first-order valence-electron chi connectivity index (χ1n) is 5.57. The van der Waals surface area contributed by atoms with Gasteiger partial charge in [-0.05, 0) is 30.5 Å². The van der Waals surface area contributed by atoms with Gasteiger partial charge in [0.1, 0.15) is 4.99 Å². The van der Waals surface area contributed by atoms with Crippen LogP contribution in [0.5, 0.6) is 0 Å². The van der Waals surface area contributed by atoms with Crippen LogP contribution >= 0.6 is 28.1 Å². The first-order chi connectivity index (χ1) is 7.71. The minimum absolute atomic E-state index is 0.176. The SMILES string of the molecule is CC(Nc1cc(Br)ccc1C(N)=S)C(C)(C)C. The molecular weight excluding hydrogens is 296 g/mol.